The van der Waals surface area contributed by atoms with Crippen molar-refractivity contribution < 1.29 is 9.90 Å². The Morgan fingerprint density at radius 2 is 1.42 bits per heavy atom. The van der Waals surface area contributed by atoms with Crippen molar-refractivity contribution in [2.24, 2.45) is 4.99 Å². The number of hydrogen-bond acceptors (Lipinski definition) is 4. The first-order valence-electron chi connectivity index (χ1n) is 10.5. The SMILES string of the molecule is Cc1cc(C)cc(N=C2NC(=O)/C(=C/c3cc(C(C)(C)C)c(O)c(C(C)(C)C)c3)S2)c1. The van der Waals surface area contributed by atoms with E-state index in [2.05, 4.69) is 57.9 Å². The molecule has 2 aromatic carbocycles. The highest BCUT2D eigenvalue weighted by atomic mass is 32.2. The maximum atomic E-state index is 12.6. The highest BCUT2D eigenvalue weighted by molar-refractivity contribution is 8.18. The maximum absolute atomic E-state index is 12.6. The zero-order chi connectivity index (χ0) is 23.1. The van der Waals surface area contributed by atoms with Crippen molar-refractivity contribution in [2.45, 2.75) is 66.2 Å². The van der Waals surface area contributed by atoms with Gasteiger partial charge in [0, 0.05) is 11.1 Å². The maximum Gasteiger partial charge on any atom is 0.264 e. The highest BCUT2D eigenvalue weighted by Gasteiger charge is 2.28. The molecule has 0 aliphatic carbocycles. The zero-order valence-corrected chi connectivity index (χ0v) is 20.5. The van der Waals surface area contributed by atoms with Crippen LogP contribution in [0.15, 0.2) is 40.2 Å². The predicted molar refractivity (Wildman–Crippen MR) is 132 cm³/mol. The quantitative estimate of drug-likeness (QED) is 0.529. The summed E-state index contributed by atoms with van der Waals surface area (Å²) >= 11 is 1.34. The fraction of sp³-hybridized carbons (Fsp3) is 0.385. The van der Waals surface area contributed by atoms with Crippen molar-refractivity contribution in [2.75, 3.05) is 0 Å². The average Bonchev–Trinajstić information content (AvgIpc) is 2.92. The summed E-state index contributed by atoms with van der Waals surface area (Å²) in [6, 6.07) is 10.0. The number of aliphatic imine (C=N–C) groups is 1. The van der Waals surface area contributed by atoms with Gasteiger partial charge in [-0.05, 0) is 83.5 Å². The van der Waals surface area contributed by atoms with E-state index >= 15 is 0 Å². The monoisotopic (exact) mass is 436 g/mol. The number of aromatic hydroxyl groups is 1. The van der Waals surface area contributed by atoms with E-state index in [1.54, 1.807) is 0 Å². The molecule has 1 aliphatic rings. The number of amidine groups is 1. The third-order valence-electron chi connectivity index (χ3n) is 5.13. The molecule has 0 unspecified atom stereocenters. The van der Waals surface area contributed by atoms with Crippen molar-refractivity contribution in [1.82, 2.24) is 5.32 Å². The van der Waals surface area contributed by atoms with Gasteiger partial charge < -0.3 is 10.4 Å². The van der Waals surface area contributed by atoms with Crippen LogP contribution in [0.4, 0.5) is 5.69 Å². The molecule has 1 fully saturated rings. The lowest BCUT2D eigenvalue weighted by Gasteiger charge is -2.28. The molecule has 1 heterocycles. The van der Waals surface area contributed by atoms with Crippen LogP contribution >= 0.6 is 11.8 Å². The van der Waals surface area contributed by atoms with Crippen LogP contribution in [0, 0.1) is 13.8 Å². The van der Waals surface area contributed by atoms with E-state index in [4.69, 9.17) is 0 Å². The third kappa shape index (κ3) is 5.40. The van der Waals surface area contributed by atoms with Crippen molar-refractivity contribution in [3.05, 3.63) is 63.1 Å². The number of thioether (sulfide) groups is 1. The average molecular weight is 437 g/mol. The van der Waals surface area contributed by atoms with E-state index in [9.17, 15) is 9.90 Å². The second-order valence-electron chi connectivity index (χ2n) is 10.3. The molecule has 5 heteroatoms. The van der Waals surface area contributed by atoms with Crippen LogP contribution in [0.2, 0.25) is 0 Å². The second-order valence-corrected chi connectivity index (χ2v) is 11.3. The number of carbonyl (C=O) groups is 1. The number of nitrogens with one attached hydrogen (secondary N) is 1. The first kappa shape index (κ1) is 23.1. The molecule has 0 radical (unpaired) electrons. The summed E-state index contributed by atoms with van der Waals surface area (Å²) in [6.07, 6.45) is 1.88. The van der Waals surface area contributed by atoms with E-state index in [0.29, 0.717) is 15.8 Å². The van der Waals surface area contributed by atoms with Crippen molar-refractivity contribution >= 4 is 34.6 Å². The molecule has 1 aliphatic heterocycles. The first-order valence-corrected chi connectivity index (χ1v) is 11.3. The minimum absolute atomic E-state index is 0.157. The van der Waals surface area contributed by atoms with Gasteiger partial charge in [-0.1, -0.05) is 47.6 Å². The molecule has 0 saturated carbocycles. The summed E-state index contributed by atoms with van der Waals surface area (Å²) < 4.78 is 0. The Morgan fingerprint density at radius 1 is 0.903 bits per heavy atom. The van der Waals surface area contributed by atoms with Gasteiger partial charge in [0.2, 0.25) is 0 Å². The summed E-state index contributed by atoms with van der Waals surface area (Å²) in [6.45, 7) is 16.6. The van der Waals surface area contributed by atoms with Gasteiger partial charge in [0.1, 0.15) is 5.75 Å². The van der Waals surface area contributed by atoms with Crippen molar-refractivity contribution in [1.29, 1.82) is 0 Å². The van der Waals surface area contributed by atoms with Crippen LogP contribution in [0.25, 0.3) is 6.08 Å². The van der Waals surface area contributed by atoms with E-state index < -0.39 is 0 Å². The summed E-state index contributed by atoms with van der Waals surface area (Å²) in [5.74, 6) is 0.179. The number of nitrogens with zero attached hydrogens (tertiary/aromatic N) is 1. The lowest BCUT2D eigenvalue weighted by Crippen LogP contribution is -2.19. The first-order chi connectivity index (χ1) is 14.2. The number of phenols is 1. The molecule has 1 amide bonds. The van der Waals surface area contributed by atoms with E-state index in [-0.39, 0.29) is 16.7 Å². The Hall–Kier alpha value is -2.53. The third-order valence-corrected chi connectivity index (χ3v) is 6.04. The fourth-order valence-electron chi connectivity index (χ4n) is 3.65. The number of carbonyl (C=O) groups excluding carboxylic acids is 1. The van der Waals surface area contributed by atoms with Crippen LogP contribution in [-0.2, 0) is 15.6 Å². The lowest BCUT2D eigenvalue weighted by atomic mass is 9.78. The molecular formula is C26H32N2O2S. The largest absolute Gasteiger partial charge is 0.507 e. The molecule has 0 aromatic heterocycles. The van der Waals surface area contributed by atoms with Gasteiger partial charge in [-0.25, -0.2) is 4.99 Å². The summed E-state index contributed by atoms with van der Waals surface area (Å²) in [4.78, 5) is 17.8. The molecule has 1 saturated heterocycles. The van der Waals surface area contributed by atoms with Gasteiger partial charge in [-0.2, -0.15) is 0 Å². The highest BCUT2D eigenvalue weighted by Crippen LogP contribution is 2.40. The van der Waals surface area contributed by atoms with Crippen LogP contribution < -0.4 is 5.32 Å². The zero-order valence-electron chi connectivity index (χ0n) is 19.7. The smallest absolute Gasteiger partial charge is 0.264 e. The molecule has 0 spiro atoms. The minimum atomic E-state index is -0.223. The molecule has 0 bridgehead atoms. The molecule has 2 N–H and O–H groups in total. The van der Waals surface area contributed by atoms with E-state index in [0.717, 1.165) is 33.5 Å². The van der Waals surface area contributed by atoms with Gasteiger partial charge in [0.15, 0.2) is 5.17 Å². The van der Waals surface area contributed by atoms with E-state index in [1.165, 1.54) is 11.8 Å². The molecule has 0 atom stereocenters. The number of benzene rings is 2. The van der Waals surface area contributed by atoms with Crippen LogP contribution in [-0.4, -0.2) is 16.2 Å². The molecular weight excluding hydrogens is 404 g/mol. The Balaban J connectivity index is 2.01. The van der Waals surface area contributed by atoms with Gasteiger partial charge in [0.05, 0.1) is 10.6 Å². The number of aryl methyl sites for hydroxylation is 2. The fourth-order valence-corrected chi connectivity index (χ4v) is 4.49. The number of amides is 1. The number of hydrogen-bond donors (Lipinski definition) is 2. The van der Waals surface area contributed by atoms with Crippen LogP contribution in [0.3, 0.4) is 0 Å². The van der Waals surface area contributed by atoms with Crippen molar-refractivity contribution in [3.8, 4) is 5.75 Å². The van der Waals surface area contributed by atoms with Gasteiger partial charge in [-0.3, -0.25) is 4.79 Å². The summed E-state index contributed by atoms with van der Waals surface area (Å²) in [7, 11) is 0. The van der Waals surface area contributed by atoms with Gasteiger partial charge in [0.25, 0.3) is 5.91 Å². The Bertz CT molecular complexity index is 1040. The van der Waals surface area contributed by atoms with Crippen LogP contribution in [0.5, 0.6) is 5.75 Å². The summed E-state index contributed by atoms with van der Waals surface area (Å²) in [5.41, 5.74) is 5.31. The lowest BCUT2D eigenvalue weighted by molar-refractivity contribution is -0.115. The molecule has 3 rings (SSSR count). The molecule has 2 aromatic rings. The predicted octanol–water partition coefficient (Wildman–Crippen LogP) is 6.50. The van der Waals surface area contributed by atoms with Crippen LogP contribution in [0.1, 0.15) is 69.4 Å². The molecule has 4 nitrogen and oxygen atoms in total. The number of phenolic OH excluding ortho intramolecular Hbond substituents is 1. The summed E-state index contributed by atoms with van der Waals surface area (Å²) in [5, 5.41) is 14.4. The van der Waals surface area contributed by atoms with Gasteiger partial charge in [-0.15, -0.1) is 0 Å². The second kappa shape index (κ2) is 8.19. The van der Waals surface area contributed by atoms with E-state index in [1.807, 2.05) is 44.2 Å². The topological polar surface area (TPSA) is 61.7 Å². The van der Waals surface area contributed by atoms with Gasteiger partial charge >= 0.3 is 0 Å². The standard InChI is InChI=1S/C26H32N2O2S/c1-15-9-16(2)11-18(10-15)27-24-28-23(30)21(31-24)14-17-12-19(25(3,4)5)22(29)20(13-17)26(6,7)8/h9-14,29H,1-8H3,(H,27,28,30)/b21-14-. The molecule has 31 heavy (non-hydrogen) atoms. The van der Waals surface area contributed by atoms with Crippen molar-refractivity contribution in [3.63, 3.8) is 0 Å². The Kier molecular flexibility index (Phi) is 6.12. The normalized spacial score (nSPS) is 17.5. The number of rotatable bonds is 2. The minimum Gasteiger partial charge on any atom is -0.507 e. The molecule has 164 valence electrons. The Labute approximate surface area is 189 Å². The Morgan fingerprint density at radius 3 is 1.90 bits per heavy atom.